The van der Waals surface area contributed by atoms with Crippen LogP contribution in [0, 0.1) is 0 Å². The second-order valence-corrected chi connectivity index (χ2v) is 2.52. The second-order valence-electron chi connectivity index (χ2n) is 2.52. The SMILES string of the molecule is C=CC(=O)OC(CC)=C(C)C(=O)OC. The zero-order valence-corrected chi connectivity index (χ0v) is 8.62. The molecular weight excluding hydrogens is 184 g/mol. The minimum absolute atomic E-state index is 0.296. The number of methoxy groups -OCH3 is 1. The molecule has 0 fully saturated rings. The van der Waals surface area contributed by atoms with E-state index in [0.717, 1.165) is 6.08 Å². The Balaban J connectivity index is 4.75. The smallest absolute Gasteiger partial charge is 0.336 e. The fourth-order valence-electron chi connectivity index (χ4n) is 0.844. The predicted octanol–water partition coefficient (Wildman–Crippen LogP) is 1.57. The third-order valence-electron chi connectivity index (χ3n) is 1.62. The summed E-state index contributed by atoms with van der Waals surface area (Å²) in [6, 6.07) is 0. The third kappa shape index (κ3) is 3.43. The Kier molecular flexibility index (Phi) is 5.29. The maximum absolute atomic E-state index is 11.1. The maximum atomic E-state index is 11.1. The molecule has 0 spiro atoms. The second kappa shape index (κ2) is 5.96. The Morgan fingerprint density at radius 2 is 2.00 bits per heavy atom. The van der Waals surface area contributed by atoms with E-state index in [4.69, 9.17) is 4.74 Å². The van der Waals surface area contributed by atoms with Gasteiger partial charge < -0.3 is 9.47 Å². The van der Waals surface area contributed by atoms with Crippen molar-refractivity contribution in [3.8, 4) is 0 Å². The van der Waals surface area contributed by atoms with E-state index in [-0.39, 0.29) is 0 Å². The number of allylic oxidation sites excluding steroid dienone is 1. The van der Waals surface area contributed by atoms with Crippen LogP contribution in [0.15, 0.2) is 24.0 Å². The molecule has 0 N–H and O–H groups in total. The van der Waals surface area contributed by atoms with Crippen LogP contribution in [-0.4, -0.2) is 19.0 Å². The van der Waals surface area contributed by atoms with Crippen molar-refractivity contribution in [1.82, 2.24) is 0 Å². The molecule has 0 saturated heterocycles. The van der Waals surface area contributed by atoms with E-state index in [1.54, 1.807) is 13.8 Å². The van der Waals surface area contributed by atoms with Crippen molar-refractivity contribution in [3.05, 3.63) is 24.0 Å². The summed E-state index contributed by atoms with van der Waals surface area (Å²) in [5.74, 6) is -0.773. The molecule has 0 rings (SSSR count). The van der Waals surface area contributed by atoms with Gasteiger partial charge in [-0.25, -0.2) is 9.59 Å². The first kappa shape index (κ1) is 12.4. The van der Waals surface area contributed by atoms with Gasteiger partial charge in [-0.1, -0.05) is 13.5 Å². The average Bonchev–Trinajstić information content (AvgIpc) is 2.23. The van der Waals surface area contributed by atoms with Gasteiger partial charge in [0, 0.05) is 12.5 Å². The molecule has 0 aliphatic carbocycles. The molecule has 0 amide bonds. The molecule has 0 aromatic heterocycles. The molecule has 0 unspecified atom stereocenters. The van der Waals surface area contributed by atoms with Gasteiger partial charge in [-0.2, -0.15) is 0 Å². The Morgan fingerprint density at radius 3 is 2.36 bits per heavy atom. The molecule has 4 nitrogen and oxygen atoms in total. The Labute approximate surface area is 83.2 Å². The number of carbonyl (C=O) groups excluding carboxylic acids is 2. The molecular formula is C10H14O4. The van der Waals surface area contributed by atoms with Crippen molar-refractivity contribution in [2.45, 2.75) is 20.3 Å². The van der Waals surface area contributed by atoms with Gasteiger partial charge in [0.2, 0.25) is 0 Å². The zero-order chi connectivity index (χ0) is 11.1. The molecule has 0 saturated carbocycles. The standard InChI is InChI=1S/C10H14O4/c1-5-8(14-9(11)6-2)7(3)10(12)13-4/h6H,2,5H2,1,3-4H3. The lowest BCUT2D eigenvalue weighted by Crippen LogP contribution is -2.09. The molecule has 78 valence electrons. The van der Waals surface area contributed by atoms with Crippen molar-refractivity contribution in [2.24, 2.45) is 0 Å². The molecule has 0 aliphatic heterocycles. The molecule has 0 aromatic rings. The predicted molar refractivity (Wildman–Crippen MR) is 51.3 cm³/mol. The van der Waals surface area contributed by atoms with Crippen molar-refractivity contribution in [2.75, 3.05) is 7.11 Å². The Hall–Kier alpha value is -1.58. The average molecular weight is 198 g/mol. The highest BCUT2D eigenvalue weighted by Crippen LogP contribution is 2.11. The van der Waals surface area contributed by atoms with Gasteiger partial charge >= 0.3 is 11.9 Å². The van der Waals surface area contributed by atoms with Crippen LogP contribution in [0.5, 0.6) is 0 Å². The van der Waals surface area contributed by atoms with E-state index in [1.807, 2.05) is 0 Å². The van der Waals surface area contributed by atoms with Crippen molar-refractivity contribution >= 4 is 11.9 Å². The number of carbonyl (C=O) groups is 2. The van der Waals surface area contributed by atoms with Crippen LogP contribution in [0.1, 0.15) is 20.3 Å². The quantitative estimate of drug-likeness (QED) is 0.391. The molecule has 0 aliphatic rings. The first-order valence-corrected chi connectivity index (χ1v) is 4.19. The van der Waals surface area contributed by atoms with E-state index in [2.05, 4.69) is 11.3 Å². The lowest BCUT2D eigenvalue weighted by molar-refractivity contribution is -0.137. The van der Waals surface area contributed by atoms with Crippen LogP contribution < -0.4 is 0 Å². The Morgan fingerprint density at radius 1 is 1.43 bits per heavy atom. The van der Waals surface area contributed by atoms with Gasteiger partial charge in [0.25, 0.3) is 0 Å². The van der Waals surface area contributed by atoms with Crippen LogP contribution in [0.2, 0.25) is 0 Å². The summed E-state index contributed by atoms with van der Waals surface area (Å²) >= 11 is 0. The highest BCUT2D eigenvalue weighted by atomic mass is 16.5. The molecule has 4 heteroatoms. The molecule has 0 bridgehead atoms. The summed E-state index contributed by atoms with van der Waals surface area (Å²) in [5.41, 5.74) is 0.296. The number of rotatable bonds is 4. The number of esters is 2. The number of hydrogen-bond donors (Lipinski definition) is 0. The Bertz CT molecular complexity index is 276. The van der Waals surface area contributed by atoms with Gasteiger partial charge in [-0.05, 0) is 6.92 Å². The lowest BCUT2D eigenvalue weighted by atomic mass is 10.2. The van der Waals surface area contributed by atoms with Gasteiger partial charge in [-0.3, -0.25) is 0 Å². The minimum Gasteiger partial charge on any atom is -0.466 e. The summed E-state index contributed by atoms with van der Waals surface area (Å²) in [6.45, 7) is 6.58. The lowest BCUT2D eigenvalue weighted by Gasteiger charge is -2.07. The first-order valence-electron chi connectivity index (χ1n) is 4.19. The fraction of sp³-hybridized carbons (Fsp3) is 0.400. The van der Waals surface area contributed by atoms with Crippen LogP contribution in [0.25, 0.3) is 0 Å². The van der Waals surface area contributed by atoms with Crippen LogP contribution in [-0.2, 0) is 19.1 Å². The van der Waals surface area contributed by atoms with E-state index >= 15 is 0 Å². The fourth-order valence-corrected chi connectivity index (χ4v) is 0.844. The number of ether oxygens (including phenoxy) is 2. The molecule has 0 heterocycles. The summed E-state index contributed by atoms with van der Waals surface area (Å²) in [4.78, 5) is 22.0. The highest BCUT2D eigenvalue weighted by Gasteiger charge is 2.12. The van der Waals surface area contributed by atoms with Crippen molar-refractivity contribution in [3.63, 3.8) is 0 Å². The number of hydrogen-bond acceptors (Lipinski definition) is 4. The van der Waals surface area contributed by atoms with Crippen LogP contribution in [0.3, 0.4) is 0 Å². The normalized spacial score (nSPS) is 11.4. The highest BCUT2D eigenvalue weighted by molar-refractivity contribution is 5.89. The van der Waals surface area contributed by atoms with Gasteiger partial charge in [0.15, 0.2) is 0 Å². The van der Waals surface area contributed by atoms with Gasteiger partial charge in [0.05, 0.1) is 12.7 Å². The molecule has 0 radical (unpaired) electrons. The summed E-state index contributed by atoms with van der Waals surface area (Å²) < 4.78 is 9.35. The first-order chi connectivity index (χ1) is 6.56. The molecule has 0 atom stereocenters. The third-order valence-corrected chi connectivity index (χ3v) is 1.62. The van der Waals surface area contributed by atoms with Gasteiger partial charge in [-0.15, -0.1) is 0 Å². The molecule has 14 heavy (non-hydrogen) atoms. The summed E-state index contributed by atoms with van der Waals surface area (Å²) in [5, 5.41) is 0. The topological polar surface area (TPSA) is 52.6 Å². The summed E-state index contributed by atoms with van der Waals surface area (Å²) in [7, 11) is 1.27. The van der Waals surface area contributed by atoms with E-state index in [9.17, 15) is 9.59 Å². The van der Waals surface area contributed by atoms with Gasteiger partial charge in [0.1, 0.15) is 5.76 Å². The van der Waals surface area contributed by atoms with Crippen LogP contribution in [0.4, 0.5) is 0 Å². The zero-order valence-electron chi connectivity index (χ0n) is 8.62. The largest absolute Gasteiger partial charge is 0.466 e. The van der Waals surface area contributed by atoms with Crippen LogP contribution >= 0.6 is 0 Å². The van der Waals surface area contributed by atoms with Crippen molar-refractivity contribution < 1.29 is 19.1 Å². The molecule has 0 aromatic carbocycles. The maximum Gasteiger partial charge on any atom is 0.336 e. The monoisotopic (exact) mass is 198 g/mol. The minimum atomic E-state index is -0.579. The summed E-state index contributed by atoms with van der Waals surface area (Å²) in [6.07, 6.45) is 1.49. The van der Waals surface area contributed by atoms with Crippen molar-refractivity contribution in [1.29, 1.82) is 0 Å². The van der Waals surface area contributed by atoms with E-state index in [0.29, 0.717) is 17.8 Å². The van der Waals surface area contributed by atoms with E-state index in [1.165, 1.54) is 7.11 Å². The van der Waals surface area contributed by atoms with E-state index < -0.39 is 11.9 Å².